The lowest BCUT2D eigenvalue weighted by molar-refractivity contribution is 1.29. The number of benzene rings is 8. The molecule has 10 aromatic rings. The van der Waals surface area contributed by atoms with Crippen LogP contribution in [0.5, 0.6) is 0 Å². The van der Waals surface area contributed by atoms with E-state index in [9.17, 15) is 0 Å². The number of hydrogen-bond donors (Lipinski definition) is 0. The molecule has 0 radical (unpaired) electrons. The molecule has 0 atom stereocenters. The molecule has 4 aliphatic rings. The van der Waals surface area contributed by atoms with Gasteiger partial charge in [-0.2, -0.15) is 0 Å². The van der Waals surface area contributed by atoms with Crippen molar-refractivity contribution >= 4 is 102 Å². The van der Waals surface area contributed by atoms with E-state index in [1.165, 1.54) is 93.2 Å². The Bertz CT molecular complexity index is 3460. The second-order valence-corrected chi connectivity index (χ2v) is 17.4. The van der Waals surface area contributed by atoms with Crippen molar-refractivity contribution in [3.63, 3.8) is 0 Å². The number of anilines is 8. The quantitative estimate of drug-likeness (QED) is 0.166. The second kappa shape index (κ2) is 12.5. The van der Waals surface area contributed by atoms with Crippen molar-refractivity contribution in [2.24, 2.45) is 0 Å². The van der Waals surface area contributed by atoms with Crippen LogP contribution in [-0.2, 0) is 0 Å². The SMILES string of the molecule is c1ccc(N2B3c4cccnc4-c4ccccc4N3c3ccc(-c4ccc5c(c4)-c4ccccc4N4B5N(c5ccc6sc7ccccc7c6c5)c5ccccc54)cc32)cc1. The predicted octanol–water partition coefficient (Wildman–Crippen LogP) is 12.4. The molecule has 0 saturated heterocycles. The minimum absolute atomic E-state index is 0.0584. The maximum atomic E-state index is 4.96. The first-order valence-corrected chi connectivity index (χ1v) is 21.7. The smallest absolute Gasteiger partial charge is 0.360 e. The van der Waals surface area contributed by atoms with Gasteiger partial charge < -0.3 is 19.2 Å². The summed E-state index contributed by atoms with van der Waals surface area (Å²) < 4.78 is 2.64. The van der Waals surface area contributed by atoms with Crippen LogP contribution in [0.4, 0.5) is 45.5 Å². The highest BCUT2D eigenvalue weighted by Gasteiger charge is 2.50. The number of para-hydroxylation sites is 5. The van der Waals surface area contributed by atoms with Crippen LogP contribution in [-0.4, -0.2) is 18.9 Å². The van der Waals surface area contributed by atoms with Crippen LogP contribution in [0.1, 0.15) is 0 Å². The average Bonchev–Trinajstić information content (AvgIpc) is 4.00. The van der Waals surface area contributed by atoms with E-state index >= 15 is 0 Å². The lowest BCUT2D eigenvalue weighted by atomic mass is 9.59. The molecule has 0 N–H and O–H groups in total. The molecule has 2 aromatic heterocycles. The largest absolute Gasteiger partial charge is 0.423 e. The van der Waals surface area contributed by atoms with Gasteiger partial charge in [0.15, 0.2) is 0 Å². The third-order valence-electron chi connectivity index (χ3n) is 13.2. The lowest BCUT2D eigenvalue weighted by Gasteiger charge is -2.36. The Hall–Kier alpha value is -7.54. The van der Waals surface area contributed by atoms with Crippen LogP contribution in [0.25, 0.3) is 53.7 Å². The topological polar surface area (TPSA) is 25.9 Å². The molecule has 0 amide bonds. The minimum atomic E-state index is -0.0751. The van der Waals surface area contributed by atoms with E-state index in [-0.39, 0.29) is 14.0 Å². The summed E-state index contributed by atoms with van der Waals surface area (Å²) in [6.45, 7) is -0.133. The van der Waals surface area contributed by atoms with E-state index < -0.39 is 0 Å². The molecule has 5 nitrogen and oxygen atoms in total. The monoisotopic (exact) mass is 793 g/mol. The normalized spacial score (nSPS) is 14.0. The molecule has 4 aliphatic heterocycles. The van der Waals surface area contributed by atoms with E-state index in [4.69, 9.17) is 4.98 Å². The average molecular weight is 794 g/mol. The third-order valence-corrected chi connectivity index (χ3v) is 14.4. The Kier molecular flexibility index (Phi) is 6.82. The van der Waals surface area contributed by atoms with Gasteiger partial charge in [0.05, 0.1) is 28.4 Å². The number of nitrogens with zero attached hydrogens (tertiary/aromatic N) is 5. The zero-order chi connectivity index (χ0) is 39.8. The van der Waals surface area contributed by atoms with Crippen molar-refractivity contribution < 1.29 is 0 Å². The number of thiophene rings is 1. The molecule has 6 heterocycles. The van der Waals surface area contributed by atoms with Crippen LogP contribution < -0.4 is 30.2 Å². The maximum absolute atomic E-state index is 4.96. The number of hydrogen-bond acceptors (Lipinski definition) is 6. The summed E-state index contributed by atoms with van der Waals surface area (Å²) >= 11 is 1.87. The molecule has 0 fully saturated rings. The number of rotatable bonds is 3. The molecule has 61 heavy (non-hydrogen) atoms. The third kappa shape index (κ3) is 4.60. The van der Waals surface area contributed by atoms with Crippen LogP contribution in [0.3, 0.4) is 0 Å². The molecule has 0 spiro atoms. The standard InChI is InChI=1S/C53H33B2N5S/c1-2-13-36(14-3-1)57-50-32-35(25-28-49(50)60-46-20-8-5-17-40(46)53-44(55(57)60)18-12-30-56-53)34-24-27-43-41(31-34)38-15-4-7-19-45(38)59-48-22-10-9-21-47(48)58(54(43)59)37-26-29-52-42(33-37)39-16-6-11-23-51(39)61-52/h1-33H. The maximum Gasteiger partial charge on any atom is 0.423 e. The minimum Gasteiger partial charge on any atom is -0.360 e. The Balaban J connectivity index is 0.943. The molecule has 0 unspecified atom stereocenters. The summed E-state index contributed by atoms with van der Waals surface area (Å²) in [6, 6.07) is 71.7. The first-order valence-electron chi connectivity index (χ1n) is 20.9. The fourth-order valence-electron chi connectivity index (χ4n) is 10.7. The molecule has 0 saturated carbocycles. The predicted molar refractivity (Wildman–Crippen MR) is 259 cm³/mol. The van der Waals surface area contributed by atoms with E-state index in [2.05, 4.69) is 213 Å². The van der Waals surface area contributed by atoms with Crippen LogP contribution in [0, 0.1) is 0 Å². The Morgan fingerprint density at radius 3 is 1.84 bits per heavy atom. The van der Waals surface area contributed by atoms with Crippen molar-refractivity contribution in [3.8, 4) is 33.5 Å². The molecular formula is C53H33B2N5S. The fourth-order valence-corrected chi connectivity index (χ4v) is 11.7. The van der Waals surface area contributed by atoms with Crippen molar-refractivity contribution in [2.45, 2.75) is 0 Å². The van der Waals surface area contributed by atoms with Gasteiger partial charge in [-0.15, -0.1) is 11.3 Å². The van der Waals surface area contributed by atoms with Crippen LogP contribution in [0.2, 0.25) is 0 Å². The van der Waals surface area contributed by atoms with Gasteiger partial charge in [-0.05, 0) is 113 Å². The highest BCUT2D eigenvalue weighted by molar-refractivity contribution is 7.25. The van der Waals surface area contributed by atoms with Crippen molar-refractivity contribution in [2.75, 3.05) is 19.2 Å². The number of aromatic nitrogens is 1. The molecule has 14 rings (SSSR count). The van der Waals surface area contributed by atoms with Gasteiger partial charge >= 0.3 is 14.0 Å². The Morgan fingerprint density at radius 2 is 0.984 bits per heavy atom. The summed E-state index contributed by atoms with van der Waals surface area (Å²) in [5.41, 5.74) is 19.1. The van der Waals surface area contributed by atoms with E-state index in [0.717, 1.165) is 16.9 Å². The Labute approximate surface area is 358 Å². The summed E-state index contributed by atoms with van der Waals surface area (Å²) in [7, 11) is 0. The molecule has 0 aliphatic carbocycles. The highest BCUT2D eigenvalue weighted by Crippen LogP contribution is 2.54. The first kappa shape index (κ1) is 33.3. The molecule has 8 heteroatoms. The van der Waals surface area contributed by atoms with Crippen LogP contribution in [0.15, 0.2) is 200 Å². The molecule has 282 valence electrons. The Morgan fingerprint density at radius 1 is 0.361 bits per heavy atom. The molecule has 8 aromatic carbocycles. The van der Waals surface area contributed by atoms with Gasteiger partial charge in [-0.1, -0.05) is 109 Å². The van der Waals surface area contributed by atoms with Crippen LogP contribution >= 0.6 is 11.3 Å². The van der Waals surface area contributed by atoms with E-state index in [1.807, 2.05) is 17.5 Å². The van der Waals surface area contributed by atoms with Gasteiger partial charge in [-0.25, -0.2) is 0 Å². The van der Waals surface area contributed by atoms with E-state index in [0.29, 0.717) is 0 Å². The summed E-state index contributed by atoms with van der Waals surface area (Å²) in [4.78, 5) is 15.1. The van der Waals surface area contributed by atoms with Crippen molar-refractivity contribution in [1.29, 1.82) is 0 Å². The number of fused-ring (bicyclic) bond motifs is 19. The molecule has 0 bridgehead atoms. The van der Waals surface area contributed by atoms with Gasteiger partial charge in [-0.3, -0.25) is 4.98 Å². The fraction of sp³-hybridized carbons (Fsp3) is 0. The van der Waals surface area contributed by atoms with Gasteiger partial charge in [0.2, 0.25) is 0 Å². The summed E-state index contributed by atoms with van der Waals surface area (Å²) in [5.74, 6) is 0. The van der Waals surface area contributed by atoms with Gasteiger partial charge in [0.1, 0.15) is 0 Å². The lowest BCUT2D eigenvalue weighted by Crippen LogP contribution is -2.55. The van der Waals surface area contributed by atoms with E-state index in [1.54, 1.807) is 0 Å². The van der Waals surface area contributed by atoms with Crippen molar-refractivity contribution in [3.05, 3.63) is 200 Å². The van der Waals surface area contributed by atoms with Crippen molar-refractivity contribution in [1.82, 2.24) is 4.98 Å². The summed E-state index contributed by atoms with van der Waals surface area (Å²) in [5, 5.41) is 2.62. The summed E-state index contributed by atoms with van der Waals surface area (Å²) in [6.07, 6.45) is 1.92. The zero-order valence-electron chi connectivity index (χ0n) is 32.9. The zero-order valence-corrected chi connectivity index (χ0v) is 33.7. The number of pyridine rings is 1. The molecular weight excluding hydrogens is 760 g/mol. The van der Waals surface area contributed by atoms with Gasteiger partial charge in [0.25, 0.3) is 0 Å². The van der Waals surface area contributed by atoms with Gasteiger partial charge in [0, 0.05) is 60.2 Å². The first-order chi connectivity index (χ1) is 30.3. The second-order valence-electron chi connectivity index (χ2n) is 16.3. The highest BCUT2D eigenvalue weighted by atomic mass is 32.1.